The van der Waals surface area contributed by atoms with Crippen molar-refractivity contribution < 1.29 is 18.3 Å². The Balaban J connectivity index is 1.63. The molecule has 0 saturated carbocycles. The Kier molecular flexibility index (Phi) is 7.12. The maximum absolute atomic E-state index is 13.3. The van der Waals surface area contributed by atoms with E-state index in [-0.39, 0.29) is 29.5 Å². The predicted octanol–water partition coefficient (Wildman–Crippen LogP) is 3.32. The van der Waals surface area contributed by atoms with E-state index in [4.69, 9.17) is 4.74 Å². The summed E-state index contributed by atoms with van der Waals surface area (Å²) in [4.78, 5) is 14.6. The quantitative estimate of drug-likeness (QED) is 0.791. The number of amides is 1. The monoisotopic (exact) mass is 388 g/mol. The van der Waals surface area contributed by atoms with Crippen LogP contribution in [0.15, 0.2) is 48.5 Å². The van der Waals surface area contributed by atoms with Gasteiger partial charge in [0, 0.05) is 25.6 Å². The van der Waals surface area contributed by atoms with Gasteiger partial charge >= 0.3 is 0 Å². The molecule has 0 aromatic heterocycles. The predicted molar refractivity (Wildman–Crippen MR) is 104 cm³/mol. The Morgan fingerprint density at radius 2 is 1.50 bits per heavy atom. The van der Waals surface area contributed by atoms with Gasteiger partial charge in [0.15, 0.2) is 0 Å². The summed E-state index contributed by atoms with van der Waals surface area (Å²) in [5, 5.41) is 3.00. The van der Waals surface area contributed by atoms with Gasteiger partial charge in [0.1, 0.15) is 11.6 Å². The third-order valence-electron chi connectivity index (χ3n) is 5.25. The second-order valence-electron chi connectivity index (χ2n) is 7.06. The molecule has 0 radical (unpaired) electrons. The molecule has 150 valence electrons. The van der Waals surface area contributed by atoms with Gasteiger partial charge in [-0.15, -0.1) is 0 Å². The lowest BCUT2D eigenvalue weighted by atomic mass is 9.88. The fourth-order valence-corrected chi connectivity index (χ4v) is 3.53. The van der Waals surface area contributed by atoms with Crippen LogP contribution in [-0.4, -0.2) is 49.7 Å². The summed E-state index contributed by atoms with van der Waals surface area (Å²) < 4.78 is 31.9. The number of nitrogens with one attached hydrogen (secondary N) is 1. The number of hydrogen-bond donors (Lipinski definition) is 1. The lowest BCUT2D eigenvalue weighted by Gasteiger charge is -2.31. The smallest absolute Gasteiger partial charge is 0.237 e. The number of benzene rings is 2. The van der Waals surface area contributed by atoms with Crippen LogP contribution in [0.3, 0.4) is 0 Å². The van der Waals surface area contributed by atoms with Crippen molar-refractivity contribution in [3.8, 4) is 0 Å². The Morgan fingerprint density at radius 1 is 1.00 bits per heavy atom. The van der Waals surface area contributed by atoms with E-state index >= 15 is 0 Å². The molecule has 1 aliphatic heterocycles. The minimum absolute atomic E-state index is 0.0149. The Morgan fingerprint density at radius 3 is 2.00 bits per heavy atom. The van der Waals surface area contributed by atoms with Gasteiger partial charge in [-0.2, -0.15) is 0 Å². The Bertz CT molecular complexity index is 714. The fraction of sp³-hybridized carbons (Fsp3) is 0.409. The second kappa shape index (κ2) is 9.75. The highest BCUT2D eigenvalue weighted by Gasteiger charge is 2.23. The van der Waals surface area contributed by atoms with Gasteiger partial charge in [-0.25, -0.2) is 8.78 Å². The van der Waals surface area contributed by atoms with E-state index in [2.05, 4.69) is 10.2 Å². The normalized spacial score (nSPS) is 16.1. The molecular formula is C22H26F2N2O2. The zero-order valence-electron chi connectivity index (χ0n) is 16.0. The molecule has 0 bridgehead atoms. The number of morpholine rings is 1. The molecule has 1 unspecified atom stereocenters. The van der Waals surface area contributed by atoms with Crippen LogP contribution in [0.1, 0.15) is 30.4 Å². The SMILES string of the molecule is CC(C(=O)NCCC(c1ccc(F)cc1)c1ccc(F)cc1)N1CCOCC1. The van der Waals surface area contributed by atoms with Crippen LogP contribution >= 0.6 is 0 Å². The van der Waals surface area contributed by atoms with Gasteiger partial charge in [0.25, 0.3) is 0 Å². The number of carbonyl (C=O) groups is 1. The van der Waals surface area contributed by atoms with Crippen molar-refractivity contribution >= 4 is 5.91 Å². The van der Waals surface area contributed by atoms with Gasteiger partial charge in [0.2, 0.25) is 5.91 Å². The molecule has 4 nitrogen and oxygen atoms in total. The Labute approximate surface area is 164 Å². The van der Waals surface area contributed by atoms with Crippen molar-refractivity contribution in [1.82, 2.24) is 10.2 Å². The molecule has 3 rings (SSSR count). The summed E-state index contributed by atoms with van der Waals surface area (Å²) in [5.41, 5.74) is 1.87. The van der Waals surface area contributed by atoms with Crippen LogP contribution in [0, 0.1) is 11.6 Å². The topological polar surface area (TPSA) is 41.6 Å². The van der Waals surface area contributed by atoms with Crippen LogP contribution < -0.4 is 5.32 Å². The number of nitrogens with zero attached hydrogens (tertiary/aromatic N) is 1. The van der Waals surface area contributed by atoms with Crippen LogP contribution in [0.2, 0.25) is 0 Å². The number of rotatable bonds is 7. The van der Waals surface area contributed by atoms with E-state index in [0.29, 0.717) is 26.2 Å². The van der Waals surface area contributed by atoms with Crippen molar-refractivity contribution in [3.63, 3.8) is 0 Å². The average Bonchev–Trinajstić information content (AvgIpc) is 2.73. The molecule has 2 aromatic rings. The molecule has 0 spiro atoms. The summed E-state index contributed by atoms with van der Waals surface area (Å²) in [6, 6.07) is 12.4. The molecule has 0 aliphatic carbocycles. The number of hydrogen-bond acceptors (Lipinski definition) is 3. The van der Waals surface area contributed by atoms with Crippen LogP contribution in [0.4, 0.5) is 8.78 Å². The summed E-state index contributed by atoms with van der Waals surface area (Å²) in [7, 11) is 0. The van der Waals surface area contributed by atoms with Crippen LogP contribution in [0.25, 0.3) is 0 Å². The lowest BCUT2D eigenvalue weighted by molar-refractivity contribution is -0.127. The zero-order valence-corrected chi connectivity index (χ0v) is 16.0. The van der Waals surface area contributed by atoms with Gasteiger partial charge in [-0.3, -0.25) is 9.69 Å². The van der Waals surface area contributed by atoms with E-state index in [1.54, 1.807) is 24.3 Å². The maximum Gasteiger partial charge on any atom is 0.237 e. The molecule has 28 heavy (non-hydrogen) atoms. The summed E-state index contributed by atoms with van der Waals surface area (Å²) in [6.45, 7) is 5.18. The minimum atomic E-state index is -0.297. The second-order valence-corrected chi connectivity index (χ2v) is 7.06. The van der Waals surface area contributed by atoms with Crippen molar-refractivity contribution in [2.75, 3.05) is 32.8 Å². The maximum atomic E-state index is 13.3. The van der Waals surface area contributed by atoms with Crippen molar-refractivity contribution in [3.05, 3.63) is 71.3 Å². The molecule has 6 heteroatoms. The highest BCUT2D eigenvalue weighted by molar-refractivity contribution is 5.81. The molecule has 1 N–H and O–H groups in total. The first kappa shape index (κ1) is 20.4. The van der Waals surface area contributed by atoms with Gasteiger partial charge in [-0.05, 0) is 48.7 Å². The van der Waals surface area contributed by atoms with Crippen molar-refractivity contribution in [2.45, 2.75) is 25.3 Å². The van der Waals surface area contributed by atoms with E-state index < -0.39 is 0 Å². The lowest BCUT2D eigenvalue weighted by Crippen LogP contribution is -2.49. The molecule has 1 atom stereocenters. The number of ether oxygens (including phenoxy) is 1. The largest absolute Gasteiger partial charge is 0.379 e. The molecule has 1 heterocycles. The standard InChI is InChI=1S/C22H26F2N2O2/c1-16(26-12-14-28-15-13-26)22(27)25-11-10-21(17-2-6-19(23)7-3-17)18-4-8-20(24)9-5-18/h2-9,16,21H,10-15H2,1H3,(H,25,27). The average molecular weight is 388 g/mol. The number of halogens is 2. The van der Waals surface area contributed by atoms with Crippen LogP contribution in [-0.2, 0) is 9.53 Å². The van der Waals surface area contributed by atoms with E-state index in [0.717, 1.165) is 24.2 Å². The van der Waals surface area contributed by atoms with Gasteiger partial charge < -0.3 is 10.1 Å². The molecule has 1 saturated heterocycles. The molecular weight excluding hydrogens is 362 g/mol. The first-order valence-corrected chi connectivity index (χ1v) is 9.65. The number of carbonyl (C=O) groups excluding carboxylic acids is 1. The summed E-state index contributed by atoms with van der Waals surface area (Å²) >= 11 is 0. The minimum Gasteiger partial charge on any atom is -0.379 e. The van der Waals surface area contributed by atoms with E-state index in [9.17, 15) is 13.6 Å². The Hall–Kier alpha value is -2.31. The van der Waals surface area contributed by atoms with Crippen LogP contribution in [0.5, 0.6) is 0 Å². The summed E-state index contributed by atoms with van der Waals surface area (Å²) in [6.07, 6.45) is 0.638. The van der Waals surface area contributed by atoms with Crippen molar-refractivity contribution in [1.29, 1.82) is 0 Å². The zero-order chi connectivity index (χ0) is 19.9. The first-order valence-electron chi connectivity index (χ1n) is 9.65. The molecule has 1 fully saturated rings. The van der Waals surface area contributed by atoms with E-state index in [1.807, 2.05) is 6.92 Å². The molecule has 1 aliphatic rings. The molecule has 2 aromatic carbocycles. The highest BCUT2D eigenvalue weighted by atomic mass is 19.1. The highest BCUT2D eigenvalue weighted by Crippen LogP contribution is 2.28. The fourth-order valence-electron chi connectivity index (χ4n) is 3.53. The molecule has 1 amide bonds. The van der Waals surface area contributed by atoms with Gasteiger partial charge in [-0.1, -0.05) is 24.3 Å². The summed E-state index contributed by atoms with van der Waals surface area (Å²) in [5.74, 6) is -0.664. The third-order valence-corrected chi connectivity index (χ3v) is 5.25. The van der Waals surface area contributed by atoms with Gasteiger partial charge in [0.05, 0.1) is 19.3 Å². The third kappa shape index (κ3) is 5.36. The van der Waals surface area contributed by atoms with E-state index in [1.165, 1.54) is 24.3 Å². The first-order chi connectivity index (χ1) is 13.5. The van der Waals surface area contributed by atoms with Crippen molar-refractivity contribution in [2.24, 2.45) is 0 Å².